The number of carbonyl (C=O) groups excluding carboxylic acids is 1. The number of nitrogens with zero attached hydrogens (tertiary/aromatic N) is 2. The molecule has 1 fully saturated rings. The molecule has 1 atom stereocenters. The van der Waals surface area contributed by atoms with Crippen LogP contribution >= 0.6 is 24.0 Å². The van der Waals surface area contributed by atoms with Crippen LogP contribution in [0.3, 0.4) is 0 Å². The summed E-state index contributed by atoms with van der Waals surface area (Å²) < 4.78 is 0. The SMILES string of the molecule is CCNC(=NCC(C)N1CCC(C)CC1)NCCc1cccc(C(=O)NC)c1.I. The zero-order chi connectivity index (χ0) is 20.4. The Labute approximate surface area is 193 Å². The molecule has 6 nitrogen and oxygen atoms in total. The lowest BCUT2D eigenvalue weighted by atomic mass is 9.98. The molecule has 7 heteroatoms. The Morgan fingerprint density at radius 2 is 2.00 bits per heavy atom. The van der Waals surface area contributed by atoms with Crippen molar-refractivity contribution in [2.24, 2.45) is 10.9 Å². The Morgan fingerprint density at radius 1 is 1.28 bits per heavy atom. The minimum absolute atomic E-state index is 0. The number of likely N-dealkylation sites (tertiary alicyclic amines) is 1. The van der Waals surface area contributed by atoms with Gasteiger partial charge in [0.1, 0.15) is 0 Å². The summed E-state index contributed by atoms with van der Waals surface area (Å²) in [4.78, 5) is 19.1. The van der Waals surface area contributed by atoms with E-state index in [1.807, 2.05) is 18.2 Å². The van der Waals surface area contributed by atoms with Crippen LogP contribution in [-0.4, -0.2) is 62.6 Å². The van der Waals surface area contributed by atoms with Crippen molar-refractivity contribution in [1.29, 1.82) is 0 Å². The van der Waals surface area contributed by atoms with E-state index in [4.69, 9.17) is 4.99 Å². The van der Waals surface area contributed by atoms with Gasteiger partial charge in [0, 0.05) is 31.7 Å². The summed E-state index contributed by atoms with van der Waals surface area (Å²) in [7, 11) is 1.65. The molecule has 0 bridgehead atoms. The van der Waals surface area contributed by atoms with Crippen molar-refractivity contribution < 1.29 is 4.79 Å². The monoisotopic (exact) mass is 515 g/mol. The Morgan fingerprint density at radius 3 is 2.66 bits per heavy atom. The van der Waals surface area contributed by atoms with Crippen molar-refractivity contribution in [1.82, 2.24) is 20.9 Å². The second-order valence-electron chi connectivity index (χ2n) is 7.74. The van der Waals surface area contributed by atoms with E-state index in [9.17, 15) is 4.79 Å². The summed E-state index contributed by atoms with van der Waals surface area (Å²) >= 11 is 0. The fourth-order valence-electron chi connectivity index (χ4n) is 3.49. The van der Waals surface area contributed by atoms with Crippen molar-refractivity contribution in [3.63, 3.8) is 0 Å². The Balaban J connectivity index is 0.00000420. The number of piperidine rings is 1. The molecule has 1 saturated heterocycles. The van der Waals surface area contributed by atoms with Crippen molar-refractivity contribution in [2.45, 2.75) is 46.1 Å². The van der Waals surface area contributed by atoms with Crippen molar-refractivity contribution in [2.75, 3.05) is 39.8 Å². The lowest BCUT2D eigenvalue weighted by molar-refractivity contribution is 0.0963. The molecule has 1 aromatic rings. The maximum atomic E-state index is 11.8. The normalized spacial score (nSPS) is 16.6. The summed E-state index contributed by atoms with van der Waals surface area (Å²) in [5, 5.41) is 9.41. The van der Waals surface area contributed by atoms with Gasteiger partial charge in [-0.15, -0.1) is 24.0 Å². The average Bonchev–Trinajstić information content (AvgIpc) is 2.72. The number of amides is 1. The minimum Gasteiger partial charge on any atom is -0.357 e. The number of aliphatic imine (C=N–C) groups is 1. The van der Waals surface area contributed by atoms with E-state index in [1.165, 1.54) is 25.9 Å². The fraction of sp³-hybridized carbons (Fsp3) is 0.636. The zero-order valence-corrected chi connectivity index (χ0v) is 20.7. The molecule has 1 aromatic carbocycles. The molecule has 1 aliphatic heterocycles. The van der Waals surface area contributed by atoms with E-state index < -0.39 is 0 Å². The van der Waals surface area contributed by atoms with Gasteiger partial charge in [-0.2, -0.15) is 0 Å². The predicted octanol–water partition coefficient (Wildman–Crippen LogP) is 2.88. The number of halogens is 1. The molecular weight excluding hydrogens is 477 g/mol. The van der Waals surface area contributed by atoms with Crippen LogP contribution in [0.5, 0.6) is 0 Å². The molecule has 3 N–H and O–H groups in total. The number of guanidine groups is 1. The summed E-state index contributed by atoms with van der Waals surface area (Å²) in [5.41, 5.74) is 1.84. The highest BCUT2D eigenvalue weighted by Gasteiger charge is 2.20. The summed E-state index contributed by atoms with van der Waals surface area (Å²) in [6.45, 7) is 11.5. The number of hydrogen-bond donors (Lipinski definition) is 3. The lowest BCUT2D eigenvalue weighted by Gasteiger charge is -2.34. The van der Waals surface area contributed by atoms with Crippen molar-refractivity contribution >= 4 is 35.8 Å². The molecule has 1 heterocycles. The second-order valence-corrected chi connectivity index (χ2v) is 7.74. The number of carbonyl (C=O) groups is 1. The highest BCUT2D eigenvalue weighted by atomic mass is 127. The van der Waals surface area contributed by atoms with Crippen LogP contribution < -0.4 is 16.0 Å². The number of hydrogen-bond acceptors (Lipinski definition) is 3. The number of rotatable bonds is 8. The largest absolute Gasteiger partial charge is 0.357 e. The summed E-state index contributed by atoms with van der Waals surface area (Å²) in [6.07, 6.45) is 3.43. The molecule has 0 aromatic heterocycles. The summed E-state index contributed by atoms with van der Waals surface area (Å²) in [5.74, 6) is 1.67. The van der Waals surface area contributed by atoms with Gasteiger partial charge in [-0.05, 0) is 69.8 Å². The number of nitrogens with one attached hydrogen (secondary N) is 3. The molecule has 2 rings (SSSR count). The standard InChI is InChI=1S/C22H37N5O.HI/c1-5-24-22(26-16-18(3)27-13-10-17(2)11-14-27)25-12-9-19-7-6-8-20(15-19)21(28)23-4;/h6-8,15,17-18H,5,9-14,16H2,1-4H3,(H,23,28)(H2,24,25,26);1H. The van der Waals surface area contributed by atoms with Crippen molar-refractivity contribution in [3.05, 3.63) is 35.4 Å². The first kappa shape index (κ1) is 25.7. The van der Waals surface area contributed by atoms with Gasteiger partial charge in [0.05, 0.1) is 6.54 Å². The predicted molar refractivity (Wildman–Crippen MR) is 132 cm³/mol. The molecule has 164 valence electrons. The number of benzene rings is 1. The van der Waals surface area contributed by atoms with E-state index in [0.29, 0.717) is 11.6 Å². The Bertz CT molecular complexity index is 644. The quantitative estimate of drug-likeness (QED) is 0.283. The van der Waals surface area contributed by atoms with Crippen LogP contribution in [0, 0.1) is 5.92 Å². The van der Waals surface area contributed by atoms with E-state index in [-0.39, 0.29) is 29.9 Å². The average molecular weight is 515 g/mol. The van der Waals surface area contributed by atoms with Crippen LogP contribution in [0.1, 0.15) is 49.5 Å². The summed E-state index contributed by atoms with van der Waals surface area (Å²) in [6, 6.07) is 8.23. The van der Waals surface area contributed by atoms with Crippen LogP contribution in [0.15, 0.2) is 29.3 Å². The topological polar surface area (TPSA) is 68.8 Å². The molecule has 1 aliphatic rings. The lowest BCUT2D eigenvalue weighted by Crippen LogP contribution is -2.43. The molecule has 0 spiro atoms. The van der Waals surface area contributed by atoms with Crippen LogP contribution in [0.25, 0.3) is 0 Å². The van der Waals surface area contributed by atoms with Crippen LogP contribution in [0.2, 0.25) is 0 Å². The fourth-order valence-corrected chi connectivity index (χ4v) is 3.49. The van der Waals surface area contributed by atoms with E-state index in [1.54, 1.807) is 7.05 Å². The third-order valence-electron chi connectivity index (χ3n) is 5.42. The molecule has 29 heavy (non-hydrogen) atoms. The molecule has 0 saturated carbocycles. The maximum Gasteiger partial charge on any atom is 0.251 e. The maximum absolute atomic E-state index is 11.8. The van der Waals surface area contributed by atoms with Gasteiger partial charge in [0.2, 0.25) is 0 Å². The highest BCUT2D eigenvalue weighted by molar-refractivity contribution is 14.0. The van der Waals surface area contributed by atoms with E-state index >= 15 is 0 Å². The second kappa shape index (κ2) is 13.8. The van der Waals surface area contributed by atoms with Gasteiger partial charge in [0.25, 0.3) is 5.91 Å². The molecule has 1 unspecified atom stereocenters. The minimum atomic E-state index is -0.0502. The van der Waals surface area contributed by atoms with Gasteiger partial charge >= 0.3 is 0 Å². The zero-order valence-electron chi connectivity index (χ0n) is 18.3. The van der Waals surface area contributed by atoms with Gasteiger partial charge in [-0.25, -0.2) is 0 Å². The third-order valence-corrected chi connectivity index (χ3v) is 5.42. The van der Waals surface area contributed by atoms with Gasteiger partial charge in [0.15, 0.2) is 5.96 Å². The van der Waals surface area contributed by atoms with Crippen molar-refractivity contribution in [3.8, 4) is 0 Å². The van der Waals surface area contributed by atoms with Crippen LogP contribution in [0.4, 0.5) is 0 Å². The first-order chi connectivity index (χ1) is 13.5. The highest BCUT2D eigenvalue weighted by Crippen LogP contribution is 2.17. The molecule has 1 amide bonds. The van der Waals surface area contributed by atoms with Gasteiger partial charge in [-0.1, -0.05) is 19.1 Å². The van der Waals surface area contributed by atoms with E-state index in [2.05, 4.69) is 47.7 Å². The third kappa shape index (κ3) is 8.90. The Hall–Kier alpha value is -1.35. The molecular formula is C22H38IN5O. The molecule has 0 radical (unpaired) electrons. The smallest absolute Gasteiger partial charge is 0.251 e. The Kier molecular flexibility index (Phi) is 12.2. The molecule has 0 aliphatic carbocycles. The first-order valence-corrected chi connectivity index (χ1v) is 10.6. The first-order valence-electron chi connectivity index (χ1n) is 10.6. The van der Waals surface area contributed by atoms with Gasteiger partial charge in [-0.3, -0.25) is 14.7 Å². The van der Waals surface area contributed by atoms with Gasteiger partial charge < -0.3 is 16.0 Å². The van der Waals surface area contributed by atoms with Crippen LogP contribution in [-0.2, 0) is 6.42 Å². The van der Waals surface area contributed by atoms with E-state index in [0.717, 1.165) is 43.5 Å².